The van der Waals surface area contributed by atoms with Gasteiger partial charge in [0.2, 0.25) is 10.0 Å². The van der Waals surface area contributed by atoms with Crippen molar-refractivity contribution in [2.75, 3.05) is 36.0 Å². The minimum absolute atomic E-state index is 0.213. The molecule has 22 heavy (non-hydrogen) atoms. The molecule has 3 rings (SSSR count). The second-order valence-corrected chi connectivity index (χ2v) is 7.38. The van der Waals surface area contributed by atoms with Crippen LogP contribution in [-0.2, 0) is 10.0 Å². The number of thiazole rings is 1. The predicted molar refractivity (Wildman–Crippen MR) is 84.3 cm³/mol. The van der Waals surface area contributed by atoms with Gasteiger partial charge in [0, 0.05) is 37.8 Å². The third-order valence-corrected chi connectivity index (χ3v) is 5.30. The molecule has 0 spiro atoms. The van der Waals surface area contributed by atoms with E-state index in [1.54, 1.807) is 17.5 Å². The molecule has 0 atom stereocenters. The molecule has 1 fully saturated rings. The molecule has 0 aliphatic carbocycles. The van der Waals surface area contributed by atoms with Crippen LogP contribution in [0, 0.1) is 5.82 Å². The van der Waals surface area contributed by atoms with Gasteiger partial charge in [0.1, 0.15) is 5.82 Å². The summed E-state index contributed by atoms with van der Waals surface area (Å²) < 4.78 is 36.6. The number of nitrogens with zero attached hydrogens (tertiary/aromatic N) is 3. The van der Waals surface area contributed by atoms with Gasteiger partial charge in [0.25, 0.3) is 0 Å². The number of sulfonamides is 1. The first kappa shape index (κ1) is 15.2. The number of nitrogens with two attached hydrogens (primary N) is 1. The van der Waals surface area contributed by atoms with Crippen molar-refractivity contribution in [1.29, 1.82) is 0 Å². The number of hydrogen-bond donors (Lipinski definition) is 1. The first-order valence-corrected chi connectivity index (χ1v) is 9.09. The number of halogens is 1. The predicted octanol–water partition coefficient (Wildman–Crippen LogP) is 1.26. The van der Waals surface area contributed by atoms with Gasteiger partial charge >= 0.3 is 0 Å². The molecule has 1 aliphatic heterocycles. The molecule has 0 amide bonds. The second-order valence-electron chi connectivity index (χ2n) is 4.95. The number of benzene rings is 1. The smallest absolute Gasteiger partial charge is 0.238 e. The summed E-state index contributed by atoms with van der Waals surface area (Å²) in [5.74, 6) is -0.575. The summed E-state index contributed by atoms with van der Waals surface area (Å²) in [6, 6.07) is 3.77. The van der Waals surface area contributed by atoms with Gasteiger partial charge in [-0.15, -0.1) is 11.3 Å². The Morgan fingerprint density at radius 2 is 1.86 bits per heavy atom. The minimum Gasteiger partial charge on any atom is -0.366 e. The van der Waals surface area contributed by atoms with E-state index in [-0.39, 0.29) is 4.90 Å². The van der Waals surface area contributed by atoms with Crippen LogP contribution in [0.5, 0.6) is 0 Å². The molecule has 0 bridgehead atoms. The van der Waals surface area contributed by atoms with Crippen molar-refractivity contribution in [2.24, 2.45) is 5.14 Å². The molecule has 2 aromatic rings. The molecular formula is C13H15FN4O2S2. The Morgan fingerprint density at radius 1 is 1.18 bits per heavy atom. The largest absolute Gasteiger partial charge is 0.366 e. The molecule has 2 heterocycles. The van der Waals surface area contributed by atoms with Crippen LogP contribution >= 0.6 is 11.3 Å². The lowest BCUT2D eigenvalue weighted by Crippen LogP contribution is -2.46. The lowest BCUT2D eigenvalue weighted by atomic mass is 10.2. The van der Waals surface area contributed by atoms with Crippen LogP contribution in [0.3, 0.4) is 0 Å². The maximum absolute atomic E-state index is 14.1. The van der Waals surface area contributed by atoms with Crippen LogP contribution in [-0.4, -0.2) is 39.6 Å². The fourth-order valence-electron chi connectivity index (χ4n) is 2.43. The minimum atomic E-state index is -3.88. The van der Waals surface area contributed by atoms with Crippen LogP contribution in [0.1, 0.15) is 0 Å². The quantitative estimate of drug-likeness (QED) is 0.908. The summed E-state index contributed by atoms with van der Waals surface area (Å²) >= 11 is 1.58. The summed E-state index contributed by atoms with van der Waals surface area (Å²) in [5, 5.41) is 7.89. The second kappa shape index (κ2) is 5.82. The number of rotatable bonds is 3. The summed E-state index contributed by atoms with van der Waals surface area (Å²) in [7, 11) is -3.88. The number of primary sulfonamides is 1. The first-order valence-electron chi connectivity index (χ1n) is 6.67. The first-order chi connectivity index (χ1) is 10.4. The molecule has 9 heteroatoms. The Labute approximate surface area is 132 Å². The Bertz CT molecular complexity index is 756. The summed E-state index contributed by atoms with van der Waals surface area (Å²) in [6.07, 6.45) is 1.76. The van der Waals surface area contributed by atoms with E-state index >= 15 is 0 Å². The highest BCUT2D eigenvalue weighted by Gasteiger charge is 2.22. The van der Waals surface area contributed by atoms with Crippen molar-refractivity contribution in [2.45, 2.75) is 4.90 Å². The number of hydrogen-bond acceptors (Lipinski definition) is 6. The van der Waals surface area contributed by atoms with Gasteiger partial charge in [-0.25, -0.2) is 22.9 Å². The zero-order valence-electron chi connectivity index (χ0n) is 11.6. The van der Waals surface area contributed by atoms with Crippen LogP contribution in [0.4, 0.5) is 15.2 Å². The van der Waals surface area contributed by atoms with Gasteiger partial charge in [0.15, 0.2) is 5.13 Å². The summed E-state index contributed by atoms with van der Waals surface area (Å²) in [6.45, 7) is 2.77. The van der Waals surface area contributed by atoms with E-state index in [4.69, 9.17) is 5.14 Å². The van der Waals surface area contributed by atoms with E-state index in [9.17, 15) is 12.8 Å². The monoisotopic (exact) mass is 342 g/mol. The Kier molecular flexibility index (Phi) is 4.02. The molecule has 0 unspecified atom stereocenters. The zero-order chi connectivity index (χ0) is 15.7. The van der Waals surface area contributed by atoms with E-state index in [1.807, 2.05) is 10.3 Å². The van der Waals surface area contributed by atoms with Crippen molar-refractivity contribution >= 4 is 32.2 Å². The molecule has 6 nitrogen and oxygen atoms in total. The van der Waals surface area contributed by atoms with Gasteiger partial charge in [-0.2, -0.15) is 0 Å². The molecule has 2 N–H and O–H groups in total. The summed E-state index contributed by atoms with van der Waals surface area (Å²) in [5.41, 5.74) is 0.395. The maximum Gasteiger partial charge on any atom is 0.238 e. The lowest BCUT2D eigenvalue weighted by Gasteiger charge is -2.36. The van der Waals surface area contributed by atoms with Crippen molar-refractivity contribution < 1.29 is 12.8 Å². The van der Waals surface area contributed by atoms with Crippen molar-refractivity contribution in [1.82, 2.24) is 4.98 Å². The van der Waals surface area contributed by atoms with Gasteiger partial charge in [-0.05, 0) is 18.2 Å². The van der Waals surface area contributed by atoms with Gasteiger partial charge < -0.3 is 9.80 Å². The van der Waals surface area contributed by atoms with Gasteiger partial charge in [0.05, 0.1) is 10.6 Å². The fraction of sp³-hybridized carbons (Fsp3) is 0.308. The average molecular weight is 342 g/mol. The third kappa shape index (κ3) is 3.06. The molecule has 1 aromatic heterocycles. The SMILES string of the molecule is NS(=O)(=O)c1ccc(N2CCN(c3nccs3)CC2)c(F)c1. The van der Waals surface area contributed by atoms with Gasteiger partial charge in [-0.3, -0.25) is 0 Å². The standard InChI is InChI=1S/C13H15FN4O2S2/c14-11-9-10(22(15,19)20)1-2-12(11)17-4-6-18(7-5-17)13-16-3-8-21-13/h1-3,8-9H,4-7H2,(H2,15,19,20). The molecule has 0 radical (unpaired) electrons. The molecule has 1 saturated heterocycles. The van der Waals surface area contributed by atoms with Crippen LogP contribution in [0.2, 0.25) is 0 Å². The molecular weight excluding hydrogens is 327 g/mol. The molecule has 0 saturated carbocycles. The highest BCUT2D eigenvalue weighted by atomic mass is 32.2. The van der Waals surface area contributed by atoms with E-state index in [1.165, 1.54) is 12.1 Å². The van der Waals surface area contributed by atoms with Crippen molar-refractivity contribution in [3.8, 4) is 0 Å². The Balaban J connectivity index is 1.74. The van der Waals surface area contributed by atoms with Crippen molar-refractivity contribution in [3.05, 3.63) is 35.6 Å². The number of aromatic nitrogens is 1. The van der Waals surface area contributed by atoms with Crippen LogP contribution < -0.4 is 14.9 Å². The lowest BCUT2D eigenvalue weighted by molar-refractivity contribution is 0.584. The Hall–Kier alpha value is -1.71. The number of piperazine rings is 1. The summed E-state index contributed by atoms with van der Waals surface area (Å²) in [4.78, 5) is 8.10. The van der Waals surface area contributed by atoms with Crippen LogP contribution in [0.25, 0.3) is 0 Å². The van der Waals surface area contributed by atoms with E-state index in [2.05, 4.69) is 9.88 Å². The van der Waals surface area contributed by atoms with E-state index in [0.29, 0.717) is 18.8 Å². The van der Waals surface area contributed by atoms with Gasteiger partial charge in [-0.1, -0.05) is 0 Å². The third-order valence-electron chi connectivity index (χ3n) is 3.56. The normalized spacial score (nSPS) is 16.1. The van der Waals surface area contributed by atoms with E-state index < -0.39 is 15.8 Å². The highest BCUT2D eigenvalue weighted by molar-refractivity contribution is 7.89. The zero-order valence-corrected chi connectivity index (χ0v) is 13.3. The molecule has 1 aliphatic rings. The molecule has 1 aromatic carbocycles. The highest BCUT2D eigenvalue weighted by Crippen LogP contribution is 2.25. The van der Waals surface area contributed by atoms with Crippen molar-refractivity contribution in [3.63, 3.8) is 0 Å². The molecule has 118 valence electrons. The van der Waals surface area contributed by atoms with Crippen LogP contribution in [0.15, 0.2) is 34.7 Å². The topological polar surface area (TPSA) is 79.5 Å². The Morgan fingerprint density at radius 3 is 2.41 bits per heavy atom. The number of anilines is 2. The fourth-order valence-corrected chi connectivity index (χ4v) is 3.65. The average Bonchev–Trinajstić information content (AvgIpc) is 3.01. The maximum atomic E-state index is 14.1. The van der Waals surface area contributed by atoms with E-state index in [0.717, 1.165) is 24.3 Å².